The lowest BCUT2D eigenvalue weighted by Crippen LogP contribution is -2.18. The Morgan fingerprint density at radius 2 is 1.76 bits per heavy atom. The van der Waals surface area contributed by atoms with E-state index in [0.29, 0.717) is 17.0 Å². The van der Waals surface area contributed by atoms with Crippen LogP contribution in [0.15, 0.2) is 42.5 Å². The van der Waals surface area contributed by atoms with Crippen molar-refractivity contribution in [2.24, 2.45) is 5.73 Å². The van der Waals surface area contributed by atoms with Gasteiger partial charge >= 0.3 is 0 Å². The summed E-state index contributed by atoms with van der Waals surface area (Å²) in [6.07, 6.45) is 0.0212. The number of methoxy groups -OCH3 is 1. The van der Waals surface area contributed by atoms with Crippen molar-refractivity contribution in [3.63, 3.8) is 0 Å². The number of anilines is 1. The first-order chi connectivity index (χ1) is 11.9. The highest BCUT2D eigenvalue weighted by Crippen LogP contribution is 2.22. The Morgan fingerprint density at radius 3 is 2.44 bits per heavy atom. The van der Waals surface area contributed by atoms with Crippen LogP contribution in [-0.4, -0.2) is 24.7 Å². The number of nitrogens with one attached hydrogen (secondary N) is 1. The SMILES string of the molecule is COc1ccc(C)cc1C(=O)CCC(=O)Nc1ccccc1C(N)=O. The number of amides is 2. The summed E-state index contributed by atoms with van der Waals surface area (Å²) >= 11 is 0. The van der Waals surface area contributed by atoms with Crippen molar-refractivity contribution < 1.29 is 19.1 Å². The van der Waals surface area contributed by atoms with Crippen molar-refractivity contribution >= 4 is 23.3 Å². The number of hydrogen-bond donors (Lipinski definition) is 2. The van der Waals surface area contributed by atoms with Gasteiger partial charge in [0.2, 0.25) is 5.91 Å². The lowest BCUT2D eigenvalue weighted by molar-refractivity contribution is -0.116. The highest BCUT2D eigenvalue weighted by atomic mass is 16.5. The van der Waals surface area contributed by atoms with Crippen molar-refractivity contribution in [2.75, 3.05) is 12.4 Å². The van der Waals surface area contributed by atoms with E-state index < -0.39 is 5.91 Å². The minimum Gasteiger partial charge on any atom is -0.496 e. The zero-order chi connectivity index (χ0) is 18.4. The molecular formula is C19H20N2O4. The van der Waals surface area contributed by atoms with Gasteiger partial charge in [-0.3, -0.25) is 14.4 Å². The summed E-state index contributed by atoms with van der Waals surface area (Å²) in [6.45, 7) is 1.88. The van der Waals surface area contributed by atoms with Crippen molar-refractivity contribution in [3.8, 4) is 5.75 Å². The van der Waals surface area contributed by atoms with Gasteiger partial charge in [0, 0.05) is 12.8 Å². The number of primary amides is 1. The van der Waals surface area contributed by atoms with Crippen LogP contribution in [0.4, 0.5) is 5.69 Å². The summed E-state index contributed by atoms with van der Waals surface area (Å²) in [5.74, 6) is -0.695. The molecule has 0 unspecified atom stereocenters. The summed E-state index contributed by atoms with van der Waals surface area (Å²) in [6, 6.07) is 11.8. The molecule has 130 valence electrons. The summed E-state index contributed by atoms with van der Waals surface area (Å²) in [4.78, 5) is 35.8. The van der Waals surface area contributed by atoms with Crippen LogP contribution in [-0.2, 0) is 4.79 Å². The number of nitrogens with two attached hydrogens (primary N) is 1. The Bertz CT molecular complexity index is 815. The van der Waals surface area contributed by atoms with Gasteiger partial charge in [-0.05, 0) is 31.2 Å². The molecule has 0 saturated carbocycles. The average Bonchev–Trinajstić information content (AvgIpc) is 2.60. The third kappa shape index (κ3) is 4.67. The maximum Gasteiger partial charge on any atom is 0.250 e. The molecule has 3 N–H and O–H groups in total. The number of aryl methyl sites for hydroxylation is 1. The van der Waals surface area contributed by atoms with Gasteiger partial charge in [0.15, 0.2) is 5.78 Å². The number of ether oxygens (including phenoxy) is 1. The number of hydrogen-bond acceptors (Lipinski definition) is 4. The number of para-hydroxylation sites is 1. The smallest absolute Gasteiger partial charge is 0.250 e. The molecule has 0 aliphatic carbocycles. The minimum atomic E-state index is -0.628. The molecule has 2 aromatic rings. The normalized spacial score (nSPS) is 10.2. The number of carbonyl (C=O) groups excluding carboxylic acids is 3. The Balaban J connectivity index is 2.02. The van der Waals surface area contributed by atoms with E-state index >= 15 is 0 Å². The monoisotopic (exact) mass is 340 g/mol. The van der Waals surface area contributed by atoms with Crippen molar-refractivity contribution in [1.29, 1.82) is 0 Å². The van der Waals surface area contributed by atoms with Gasteiger partial charge in [-0.2, -0.15) is 0 Å². The zero-order valence-electron chi connectivity index (χ0n) is 14.2. The quantitative estimate of drug-likeness (QED) is 0.757. The van der Waals surface area contributed by atoms with Crippen LogP contribution in [0.1, 0.15) is 39.1 Å². The summed E-state index contributed by atoms with van der Waals surface area (Å²) in [7, 11) is 1.49. The fourth-order valence-electron chi connectivity index (χ4n) is 2.42. The van der Waals surface area contributed by atoms with Crippen molar-refractivity contribution in [3.05, 3.63) is 59.2 Å². The second-order valence-electron chi connectivity index (χ2n) is 5.58. The molecule has 0 radical (unpaired) electrons. The molecule has 0 bridgehead atoms. The van der Waals surface area contributed by atoms with E-state index in [2.05, 4.69) is 5.32 Å². The lowest BCUT2D eigenvalue weighted by atomic mass is 10.0. The van der Waals surface area contributed by atoms with Crippen LogP contribution in [0.25, 0.3) is 0 Å². The second kappa shape index (κ2) is 8.10. The Hall–Kier alpha value is -3.15. The van der Waals surface area contributed by atoms with Gasteiger partial charge < -0.3 is 15.8 Å². The molecule has 6 nitrogen and oxygen atoms in total. The first-order valence-corrected chi connectivity index (χ1v) is 7.79. The van der Waals surface area contributed by atoms with E-state index in [1.54, 1.807) is 30.3 Å². The average molecular weight is 340 g/mol. The Kier molecular flexibility index (Phi) is 5.89. The van der Waals surface area contributed by atoms with E-state index in [-0.39, 0.29) is 30.1 Å². The lowest BCUT2D eigenvalue weighted by Gasteiger charge is -2.10. The summed E-state index contributed by atoms with van der Waals surface area (Å²) < 4.78 is 5.19. The third-order valence-electron chi connectivity index (χ3n) is 3.70. The Labute approximate surface area is 146 Å². The molecule has 0 aliphatic rings. The van der Waals surface area contributed by atoms with Gasteiger partial charge in [-0.15, -0.1) is 0 Å². The molecule has 0 fully saturated rings. The molecule has 2 amide bonds. The molecule has 0 aromatic heterocycles. The first kappa shape index (κ1) is 18.2. The first-order valence-electron chi connectivity index (χ1n) is 7.79. The predicted octanol–water partition coefficient (Wildman–Crippen LogP) is 2.70. The maximum absolute atomic E-state index is 12.4. The minimum absolute atomic E-state index is 0.0109. The maximum atomic E-state index is 12.4. The van der Waals surface area contributed by atoms with Crippen LogP contribution in [0, 0.1) is 6.92 Å². The van der Waals surface area contributed by atoms with Gasteiger partial charge in [0.1, 0.15) is 5.75 Å². The highest BCUT2D eigenvalue weighted by Gasteiger charge is 2.15. The van der Waals surface area contributed by atoms with E-state index in [1.807, 2.05) is 13.0 Å². The topological polar surface area (TPSA) is 98.5 Å². The predicted molar refractivity (Wildman–Crippen MR) is 94.9 cm³/mol. The molecule has 0 atom stereocenters. The molecule has 0 heterocycles. The van der Waals surface area contributed by atoms with Crippen LogP contribution >= 0.6 is 0 Å². The second-order valence-corrected chi connectivity index (χ2v) is 5.58. The van der Waals surface area contributed by atoms with Crippen LogP contribution in [0.2, 0.25) is 0 Å². The molecule has 0 saturated heterocycles. The molecule has 25 heavy (non-hydrogen) atoms. The summed E-state index contributed by atoms with van der Waals surface area (Å²) in [5.41, 5.74) is 7.22. The van der Waals surface area contributed by atoms with E-state index in [0.717, 1.165) is 5.56 Å². The number of rotatable bonds is 7. The van der Waals surface area contributed by atoms with E-state index in [9.17, 15) is 14.4 Å². The Morgan fingerprint density at radius 1 is 1.04 bits per heavy atom. The number of ketones is 1. The third-order valence-corrected chi connectivity index (χ3v) is 3.70. The van der Waals surface area contributed by atoms with Gasteiger partial charge in [0.05, 0.1) is 23.9 Å². The molecule has 2 aromatic carbocycles. The molecule has 0 aliphatic heterocycles. The van der Waals surface area contributed by atoms with E-state index in [1.165, 1.54) is 13.2 Å². The van der Waals surface area contributed by atoms with E-state index in [4.69, 9.17) is 10.5 Å². The standard InChI is InChI=1S/C19H20N2O4/c1-12-7-9-17(25-2)14(11-12)16(22)8-10-18(23)21-15-6-4-3-5-13(15)19(20)24/h3-7,9,11H,8,10H2,1-2H3,(H2,20,24)(H,21,23). The van der Waals surface area contributed by atoms with Gasteiger partial charge in [-0.25, -0.2) is 0 Å². The van der Waals surface area contributed by atoms with Gasteiger partial charge in [0.25, 0.3) is 5.91 Å². The van der Waals surface area contributed by atoms with Gasteiger partial charge in [-0.1, -0.05) is 23.8 Å². The molecular weight excluding hydrogens is 320 g/mol. The number of carbonyl (C=O) groups is 3. The molecule has 6 heteroatoms. The fraction of sp³-hybridized carbons (Fsp3) is 0.211. The fourth-order valence-corrected chi connectivity index (χ4v) is 2.42. The van der Waals surface area contributed by atoms with Crippen LogP contribution in [0.3, 0.4) is 0 Å². The zero-order valence-corrected chi connectivity index (χ0v) is 14.2. The number of Topliss-reactive ketones (excluding diaryl/α,β-unsaturated/α-hetero) is 1. The molecule has 0 spiro atoms. The summed E-state index contributed by atoms with van der Waals surface area (Å²) in [5, 5.41) is 2.62. The van der Waals surface area contributed by atoms with Crippen molar-refractivity contribution in [2.45, 2.75) is 19.8 Å². The largest absolute Gasteiger partial charge is 0.496 e. The van der Waals surface area contributed by atoms with Crippen LogP contribution in [0.5, 0.6) is 5.75 Å². The highest BCUT2D eigenvalue weighted by molar-refractivity contribution is 6.05. The molecule has 2 rings (SSSR count). The number of benzene rings is 2. The van der Waals surface area contributed by atoms with Crippen molar-refractivity contribution in [1.82, 2.24) is 0 Å². The van der Waals surface area contributed by atoms with Crippen LogP contribution < -0.4 is 15.8 Å².